The van der Waals surface area contributed by atoms with Crippen molar-refractivity contribution in [2.75, 3.05) is 13.2 Å². The minimum Gasteiger partial charge on any atom is -0.494 e. The smallest absolute Gasteiger partial charge is 0.245 e. The average molecular weight is 261 g/mol. The zero-order valence-corrected chi connectivity index (χ0v) is 11.1. The Morgan fingerprint density at radius 1 is 1.47 bits per heavy atom. The number of nitrogens with one attached hydrogen (secondary N) is 1. The molecule has 1 aromatic rings. The van der Waals surface area contributed by atoms with Gasteiger partial charge in [0, 0.05) is 12.7 Å². The van der Waals surface area contributed by atoms with Crippen LogP contribution in [0.2, 0.25) is 0 Å². The van der Waals surface area contributed by atoms with Crippen LogP contribution in [0.1, 0.15) is 25.3 Å². The molecule has 0 spiro atoms. The maximum atomic E-state index is 11.6. The van der Waals surface area contributed by atoms with E-state index in [1.807, 2.05) is 31.2 Å². The number of carbonyl (C=O) groups excluding carboxylic acids is 1. The number of hydrogen-bond acceptors (Lipinski definition) is 3. The standard InChI is InChI=1S/C15H19NO3/c1-2-18-13-8-5-12(6-9-13)7-10-14(17)16-15-4-3-11-19-15/h5-10,15H,2-4,11H2,1H3,(H,16,17)/b10-7+. The maximum Gasteiger partial charge on any atom is 0.245 e. The van der Waals surface area contributed by atoms with E-state index in [0.29, 0.717) is 6.61 Å². The fourth-order valence-electron chi connectivity index (χ4n) is 1.91. The van der Waals surface area contributed by atoms with Crippen molar-refractivity contribution >= 4 is 12.0 Å². The second-order valence-electron chi connectivity index (χ2n) is 4.35. The maximum absolute atomic E-state index is 11.6. The van der Waals surface area contributed by atoms with Crippen molar-refractivity contribution in [3.05, 3.63) is 35.9 Å². The fraction of sp³-hybridized carbons (Fsp3) is 0.400. The summed E-state index contributed by atoms with van der Waals surface area (Å²) in [4.78, 5) is 11.6. The molecule has 1 atom stereocenters. The highest BCUT2D eigenvalue weighted by Gasteiger charge is 2.15. The van der Waals surface area contributed by atoms with Gasteiger partial charge in [0.1, 0.15) is 12.0 Å². The monoisotopic (exact) mass is 261 g/mol. The van der Waals surface area contributed by atoms with Crippen LogP contribution in [0, 0.1) is 0 Å². The molecule has 0 radical (unpaired) electrons. The SMILES string of the molecule is CCOc1ccc(/C=C/C(=O)NC2CCCO2)cc1. The molecule has 2 rings (SSSR count). The normalized spacial score (nSPS) is 18.7. The third-order valence-corrected chi connectivity index (χ3v) is 2.85. The first kappa shape index (κ1) is 13.6. The lowest BCUT2D eigenvalue weighted by molar-refractivity contribution is -0.119. The van der Waals surface area contributed by atoms with Gasteiger partial charge < -0.3 is 14.8 Å². The minimum atomic E-state index is -0.127. The predicted molar refractivity (Wildman–Crippen MR) is 73.8 cm³/mol. The molecule has 19 heavy (non-hydrogen) atoms. The van der Waals surface area contributed by atoms with Gasteiger partial charge in [-0.05, 0) is 43.5 Å². The van der Waals surface area contributed by atoms with Crippen LogP contribution in [0.4, 0.5) is 0 Å². The Kier molecular flexibility index (Phi) is 4.98. The fourth-order valence-corrected chi connectivity index (χ4v) is 1.91. The largest absolute Gasteiger partial charge is 0.494 e. The van der Waals surface area contributed by atoms with Crippen LogP contribution < -0.4 is 10.1 Å². The molecule has 0 saturated carbocycles. The predicted octanol–water partition coefficient (Wildman–Crippen LogP) is 2.35. The number of rotatable bonds is 5. The van der Waals surface area contributed by atoms with Gasteiger partial charge in [-0.2, -0.15) is 0 Å². The molecule has 0 aliphatic carbocycles. The van der Waals surface area contributed by atoms with Crippen LogP contribution in [0.3, 0.4) is 0 Å². The summed E-state index contributed by atoms with van der Waals surface area (Å²) in [5.74, 6) is 0.712. The van der Waals surface area contributed by atoms with E-state index in [4.69, 9.17) is 9.47 Å². The van der Waals surface area contributed by atoms with Gasteiger partial charge in [-0.15, -0.1) is 0 Å². The molecule has 1 amide bonds. The van der Waals surface area contributed by atoms with Crippen LogP contribution in [-0.4, -0.2) is 25.3 Å². The summed E-state index contributed by atoms with van der Waals surface area (Å²) in [6, 6.07) is 7.62. The molecular weight excluding hydrogens is 242 g/mol. The first-order valence-corrected chi connectivity index (χ1v) is 6.61. The van der Waals surface area contributed by atoms with Crippen molar-refractivity contribution in [3.8, 4) is 5.75 Å². The summed E-state index contributed by atoms with van der Waals surface area (Å²) in [6.45, 7) is 3.33. The Labute approximate surface area is 113 Å². The average Bonchev–Trinajstić information content (AvgIpc) is 2.91. The van der Waals surface area contributed by atoms with Crippen molar-refractivity contribution in [1.29, 1.82) is 0 Å². The number of benzene rings is 1. The van der Waals surface area contributed by atoms with Gasteiger partial charge in [0.15, 0.2) is 0 Å². The van der Waals surface area contributed by atoms with Crippen LogP contribution in [0.5, 0.6) is 5.75 Å². The van der Waals surface area contributed by atoms with E-state index < -0.39 is 0 Å². The van der Waals surface area contributed by atoms with E-state index in [0.717, 1.165) is 30.8 Å². The zero-order chi connectivity index (χ0) is 13.5. The molecule has 1 heterocycles. The molecule has 4 heteroatoms. The van der Waals surface area contributed by atoms with E-state index >= 15 is 0 Å². The first-order valence-electron chi connectivity index (χ1n) is 6.61. The summed E-state index contributed by atoms with van der Waals surface area (Å²) in [6.07, 6.45) is 5.07. The topological polar surface area (TPSA) is 47.6 Å². The van der Waals surface area contributed by atoms with Crippen molar-refractivity contribution in [1.82, 2.24) is 5.32 Å². The van der Waals surface area contributed by atoms with E-state index in [-0.39, 0.29) is 12.1 Å². The molecule has 0 bridgehead atoms. The second kappa shape index (κ2) is 6.95. The van der Waals surface area contributed by atoms with Crippen LogP contribution in [-0.2, 0) is 9.53 Å². The molecular formula is C15H19NO3. The third-order valence-electron chi connectivity index (χ3n) is 2.85. The lowest BCUT2D eigenvalue weighted by atomic mass is 10.2. The molecule has 1 fully saturated rings. The molecule has 1 aliphatic heterocycles. The third kappa shape index (κ3) is 4.41. The Morgan fingerprint density at radius 3 is 2.89 bits per heavy atom. The van der Waals surface area contributed by atoms with E-state index in [9.17, 15) is 4.79 Å². The van der Waals surface area contributed by atoms with Crippen molar-refractivity contribution < 1.29 is 14.3 Å². The van der Waals surface area contributed by atoms with Crippen molar-refractivity contribution in [2.45, 2.75) is 26.0 Å². The Hall–Kier alpha value is -1.81. The van der Waals surface area contributed by atoms with Gasteiger partial charge in [-0.25, -0.2) is 0 Å². The Balaban J connectivity index is 1.84. The van der Waals surface area contributed by atoms with Crippen molar-refractivity contribution in [3.63, 3.8) is 0 Å². The number of carbonyl (C=O) groups is 1. The Morgan fingerprint density at radius 2 is 2.26 bits per heavy atom. The van der Waals surface area contributed by atoms with Gasteiger partial charge in [-0.1, -0.05) is 12.1 Å². The van der Waals surface area contributed by atoms with Crippen LogP contribution >= 0.6 is 0 Å². The number of amides is 1. The lowest BCUT2D eigenvalue weighted by Gasteiger charge is -2.09. The van der Waals surface area contributed by atoms with Gasteiger partial charge in [0.05, 0.1) is 6.61 Å². The highest BCUT2D eigenvalue weighted by Crippen LogP contribution is 2.13. The van der Waals surface area contributed by atoms with Gasteiger partial charge >= 0.3 is 0 Å². The molecule has 1 N–H and O–H groups in total. The summed E-state index contributed by atoms with van der Waals surface area (Å²) >= 11 is 0. The van der Waals surface area contributed by atoms with Crippen molar-refractivity contribution in [2.24, 2.45) is 0 Å². The first-order chi connectivity index (χ1) is 9.28. The lowest BCUT2D eigenvalue weighted by Crippen LogP contribution is -2.32. The molecule has 0 aromatic heterocycles. The molecule has 1 unspecified atom stereocenters. The summed E-state index contributed by atoms with van der Waals surface area (Å²) < 4.78 is 10.7. The Bertz CT molecular complexity index is 433. The molecule has 1 aromatic carbocycles. The highest BCUT2D eigenvalue weighted by atomic mass is 16.5. The molecule has 102 valence electrons. The molecule has 1 saturated heterocycles. The summed E-state index contributed by atoms with van der Waals surface area (Å²) in [5.41, 5.74) is 0.964. The molecule has 1 aliphatic rings. The van der Waals surface area contributed by atoms with E-state index in [1.165, 1.54) is 6.08 Å². The van der Waals surface area contributed by atoms with E-state index in [1.54, 1.807) is 6.08 Å². The van der Waals surface area contributed by atoms with Crippen LogP contribution in [0.25, 0.3) is 6.08 Å². The quantitative estimate of drug-likeness (QED) is 0.828. The van der Waals surface area contributed by atoms with Gasteiger partial charge in [0.2, 0.25) is 5.91 Å². The molecule has 4 nitrogen and oxygen atoms in total. The minimum absolute atomic E-state index is 0.124. The number of hydrogen-bond donors (Lipinski definition) is 1. The van der Waals surface area contributed by atoms with Gasteiger partial charge in [-0.3, -0.25) is 4.79 Å². The van der Waals surface area contributed by atoms with Crippen LogP contribution in [0.15, 0.2) is 30.3 Å². The van der Waals surface area contributed by atoms with Gasteiger partial charge in [0.25, 0.3) is 0 Å². The second-order valence-corrected chi connectivity index (χ2v) is 4.35. The van der Waals surface area contributed by atoms with E-state index in [2.05, 4.69) is 5.32 Å². The summed E-state index contributed by atoms with van der Waals surface area (Å²) in [7, 11) is 0. The summed E-state index contributed by atoms with van der Waals surface area (Å²) in [5, 5.41) is 2.81. The number of ether oxygens (including phenoxy) is 2. The zero-order valence-electron chi connectivity index (χ0n) is 11.1. The highest BCUT2D eigenvalue weighted by molar-refractivity contribution is 5.91.